The van der Waals surface area contributed by atoms with Crippen LogP contribution < -0.4 is 20.8 Å². The molecule has 0 fully saturated rings. The summed E-state index contributed by atoms with van der Waals surface area (Å²) in [6, 6.07) is 18.5. The normalized spacial score (nSPS) is 11.1. The first-order valence-electron chi connectivity index (χ1n) is 10.1. The summed E-state index contributed by atoms with van der Waals surface area (Å²) in [6.45, 7) is 1.95. The molecule has 0 aliphatic rings. The summed E-state index contributed by atoms with van der Waals surface area (Å²) in [4.78, 5) is 31.5. The molecule has 5 rings (SSSR count). The van der Waals surface area contributed by atoms with Crippen molar-refractivity contribution in [3.63, 3.8) is 0 Å². The molecular formula is C24H19N4O4S+. The van der Waals surface area contributed by atoms with Crippen molar-refractivity contribution >= 4 is 33.0 Å². The summed E-state index contributed by atoms with van der Waals surface area (Å²) in [7, 11) is 1.56. The number of H-pyrrole nitrogens is 1. The Morgan fingerprint density at radius 2 is 1.88 bits per heavy atom. The van der Waals surface area contributed by atoms with Crippen LogP contribution in [0.1, 0.15) is 20.9 Å². The van der Waals surface area contributed by atoms with Gasteiger partial charge in [0.15, 0.2) is 0 Å². The number of thiophene rings is 1. The fourth-order valence-electron chi connectivity index (χ4n) is 3.69. The Labute approximate surface area is 191 Å². The molecule has 0 spiro atoms. The van der Waals surface area contributed by atoms with Gasteiger partial charge in [-0.1, -0.05) is 30.3 Å². The van der Waals surface area contributed by atoms with Crippen molar-refractivity contribution in [3.8, 4) is 22.7 Å². The standard InChI is InChI=1S/C24H18N4O4S/c1-13-12-17-18(25)22(33-23(17)26-19(13)14-6-4-3-5-7-14)21(29)20-24(30)32-27-28(20)15-8-10-16(31-2)11-9-15/h3-12H,1-2H3,(H2-,25,27,29,30)/p+1. The molecule has 0 radical (unpaired) electrons. The highest BCUT2D eigenvalue weighted by Gasteiger charge is 2.34. The Balaban J connectivity index is 1.62. The first-order valence-corrected chi connectivity index (χ1v) is 10.9. The van der Waals surface area contributed by atoms with Crippen molar-refractivity contribution in [1.29, 1.82) is 0 Å². The second-order valence-corrected chi connectivity index (χ2v) is 8.41. The number of hydrogen-bond acceptors (Lipinski definition) is 7. The number of anilines is 1. The second-order valence-electron chi connectivity index (χ2n) is 7.41. The largest absolute Gasteiger partial charge is 0.497 e. The van der Waals surface area contributed by atoms with E-state index in [1.165, 1.54) is 4.68 Å². The number of nitrogens with one attached hydrogen (secondary N) is 1. The number of fused-ring (bicyclic) bond motifs is 1. The number of hydrogen-bond donors (Lipinski definition) is 2. The maximum Gasteiger partial charge on any atom is 0.439 e. The molecule has 0 saturated carbocycles. The third-order valence-corrected chi connectivity index (χ3v) is 6.47. The first-order chi connectivity index (χ1) is 16.0. The van der Waals surface area contributed by atoms with E-state index in [1.54, 1.807) is 31.4 Å². The number of nitrogen functional groups attached to an aromatic ring is 1. The number of pyridine rings is 1. The number of benzene rings is 2. The fourth-order valence-corrected chi connectivity index (χ4v) is 4.70. The van der Waals surface area contributed by atoms with Gasteiger partial charge in [-0.3, -0.25) is 9.32 Å². The summed E-state index contributed by atoms with van der Waals surface area (Å²) < 4.78 is 11.4. The second kappa shape index (κ2) is 8.03. The molecule has 2 aromatic carbocycles. The van der Waals surface area contributed by atoms with Crippen LogP contribution in [-0.2, 0) is 0 Å². The molecule has 9 heteroatoms. The van der Waals surface area contributed by atoms with Crippen LogP contribution in [0.15, 0.2) is 70.0 Å². The van der Waals surface area contributed by atoms with Gasteiger partial charge in [0.1, 0.15) is 15.5 Å². The smallest absolute Gasteiger partial charge is 0.439 e. The van der Waals surface area contributed by atoms with Gasteiger partial charge in [0.2, 0.25) is 5.69 Å². The number of carbonyl (C=O) groups is 1. The van der Waals surface area contributed by atoms with E-state index in [9.17, 15) is 9.59 Å². The van der Waals surface area contributed by atoms with E-state index < -0.39 is 11.4 Å². The van der Waals surface area contributed by atoms with E-state index >= 15 is 0 Å². The van der Waals surface area contributed by atoms with Gasteiger partial charge < -0.3 is 10.5 Å². The molecule has 33 heavy (non-hydrogen) atoms. The SMILES string of the molecule is COc1ccc(-[n+]2[nH]oc(=O)c2C(=O)c2sc3nc(-c4ccccc4)c(C)cc3c2N)cc1. The van der Waals surface area contributed by atoms with Crippen LogP contribution in [0.2, 0.25) is 0 Å². The maximum absolute atomic E-state index is 13.5. The Bertz CT molecular complexity index is 1550. The van der Waals surface area contributed by atoms with E-state index in [-0.39, 0.29) is 16.3 Å². The van der Waals surface area contributed by atoms with E-state index in [2.05, 4.69) is 5.27 Å². The minimum Gasteiger partial charge on any atom is -0.497 e. The lowest BCUT2D eigenvalue weighted by Crippen LogP contribution is -2.41. The molecule has 8 nitrogen and oxygen atoms in total. The summed E-state index contributed by atoms with van der Waals surface area (Å²) in [5, 5.41) is 3.16. The van der Waals surface area contributed by atoms with Gasteiger partial charge in [-0.05, 0) is 40.6 Å². The molecule has 0 aliphatic heterocycles. The van der Waals surface area contributed by atoms with Gasteiger partial charge in [-0.2, -0.15) is 0 Å². The highest BCUT2D eigenvalue weighted by atomic mass is 32.1. The topological polar surface area (TPSA) is 115 Å². The van der Waals surface area contributed by atoms with Crippen LogP contribution in [0.4, 0.5) is 5.69 Å². The number of nitrogens with two attached hydrogens (primary N) is 1. The summed E-state index contributed by atoms with van der Waals surface area (Å²) in [5.74, 6) is 0.0997. The van der Waals surface area contributed by atoms with Crippen LogP contribution in [0.25, 0.3) is 27.2 Å². The van der Waals surface area contributed by atoms with Gasteiger partial charge in [0.25, 0.3) is 5.78 Å². The number of ketones is 1. The number of aromatic amines is 1. The van der Waals surface area contributed by atoms with E-state index in [1.807, 2.05) is 43.3 Å². The fraction of sp³-hybridized carbons (Fsp3) is 0.0833. The van der Waals surface area contributed by atoms with Crippen molar-refractivity contribution in [1.82, 2.24) is 10.3 Å². The number of aryl methyl sites for hydroxylation is 1. The average Bonchev–Trinajstić information content (AvgIpc) is 3.38. The van der Waals surface area contributed by atoms with Crippen molar-refractivity contribution in [3.05, 3.63) is 87.2 Å². The molecular weight excluding hydrogens is 440 g/mol. The minimum absolute atomic E-state index is 0.182. The molecule has 3 heterocycles. The van der Waals surface area contributed by atoms with Gasteiger partial charge in [-0.15, -0.1) is 11.3 Å². The van der Waals surface area contributed by atoms with Crippen molar-refractivity contribution in [2.24, 2.45) is 0 Å². The van der Waals surface area contributed by atoms with Crippen LogP contribution in [0.5, 0.6) is 5.75 Å². The molecule has 0 atom stereocenters. The van der Waals surface area contributed by atoms with Crippen LogP contribution in [0.3, 0.4) is 0 Å². The zero-order valence-corrected chi connectivity index (χ0v) is 18.6. The number of ether oxygens (including phenoxy) is 1. The predicted molar refractivity (Wildman–Crippen MR) is 125 cm³/mol. The Hall–Kier alpha value is -4.24. The number of rotatable bonds is 5. The van der Waals surface area contributed by atoms with Gasteiger partial charge in [0, 0.05) is 23.1 Å². The first kappa shape index (κ1) is 20.7. The quantitative estimate of drug-likeness (QED) is 0.306. The summed E-state index contributed by atoms with van der Waals surface area (Å²) in [5.41, 5.74) is 8.94. The lowest BCUT2D eigenvalue weighted by atomic mass is 10.1. The Kier molecular flexibility index (Phi) is 5.02. The molecule has 0 amide bonds. The summed E-state index contributed by atoms with van der Waals surface area (Å²) >= 11 is 1.15. The zero-order valence-electron chi connectivity index (χ0n) is 17.8. The molecule has 0 aliphatic carbocycles. The summed E-state index contributed by atoms with van der Waals surface area (Å²) in [6.07, 6.45) is 0. The van der Waals surface area contributed by atoms with Crippen molar-refractivity contribution < 1.29 is 18.7 Å². The maximum atomic E-state index is 13.5. The minimum atomic E-state index is -0.790. The predicted octanol–water partition coefficient (Wildman–Crippen LogP) is 3.65. The molecule has 0 unspecified atom stereocenters. The number of methoxy groups -OCH3 is 1. The average molecular weight is 460 g/mol. The monoisotopic (exact) mass is 459 g/mol. The number of aromatic nitrogens is 3. The van der Waals surface area contributed by atoms with Crippen LogP contribution in [-0.4, -0.2) is 23.1 Å². The zero-order chi connectivity index (χ0) is 23.1. The molecule has 0 bridgehead atoms. The van der Waals surface area contributed by atoms with Gasteiger partial charge in [0.05, 0.1) is 18.5 Å². The Morgan fingerprint density at radius 1 is 1.15 bits per heavy atom. The van der Waals surface area contributed by atoms with Crippen LogP contribution in [0, 0.1) is 6.92 Å². The van der Waals surface area contributed by atoms with E-state index in [0.717, 1.165) is 28.2 Å². The third kappa shape index (κ3) is 3.48. The lowest BCUT2D eigenvalue weighted by Gasteiger charge is -2.05. The van der Waals surface area contributed by atoms with Gasteiger partial charge in [-0.25, -0.2) is 9.78 Å². The molecule has 5 aromatic rings. The van der Waals surface area contributed by atoms with Crippen molar-refractivity contribution in [2.45, 2.75) is 6.92 Å². The highest BCUT2D eigenvalue weighted by Crippen LogP contribution is 2.36. The van der Waals surface area contributed by atoms with Crippen LogP contribution >= 0.6 is 11.3 Å². The van der Waals surface area contributed by atoms with E-state index in [0.29, 0.717) is 21.7 Å². The third-order valence-electron chi connectivity index (χ3n) is 5.36. The number of carbonyl (C=O) groups excluding carboxylic acids is 1. The molecule has 164 valence electrons. The molecule has 3 N–H and O–H groups in total. The van der Waals surface area contributed by atoms with E-state index in [4.69, 9.17) is 20.0 Å². The number of nitrogens with zero attached hydrogens (tertiary/aromatic N) is 2. The molecule has 0 saturated heterocycles. The van der Waals surface area contributed by atoms with Gasteiger partial charge >= 0.3 is 11.3 Å². The highest BCUT2D eigenvalue weighted by molar-refractivity contribution is 7.21. The van der Waals surface area contributed by atoms with Crippen molar-refractivity contribution in [2.75, 3.05) is 12.8 Å². The Morgan fingerprint density at radius 3 is 2.58 bits per heavy atom. The lowest BCUT2D eigenvalue weighted by molar-refractivity contribution is -0.672. The molecule has 3 aromatic heterocycles.